The van der Waals surface area contributed by atoms with Crippen molar-refractivity contribution >= 4 is 11.8 Å². The summed E-state index contributed by atoms with van der Waals surface area (Å²) in [6.45, 7) is 0.336. The van der Waals surface area contributed by atoms with Gasteiger partial charge in [0, 0.05) is 20.2 Å². The minimum absolute atomic E-state index is 0.0670. The topological polar surface area (TPSA) is 67.4 Å². The number of amides is 2. The SMILES string of the molecule is COC(CNC(=O)C(=O)NCc1ccccc1)c1cccc(F)c1. The van der Waals surface area contributed by atoms with E-state index in [1.807, 2.05) is 30.3 Å². The zero-order valence-corrected chi connectivity index (χ0v) is 13.3. The number of methoxy groups -OCH3 is 1. The molecular formula is C18H19FN2O3. The smallest absolute Gasteiger partial charge is 0.309 e. The van der Waals surface area contributed by atoms with Crippen molar-refractivity contribution < 1.29 is 18.7 Å². The van der Waals surface area contributed by atoms with Gasteiger partial charge >= 0.3 is 11.8 Å². The van der Waals surface area contributed by atoms with Crippen LogP contribution in [0, 0.1) is 5.82 Å². The molecule has 0 saturated carbocycles. The van der Waals surface area contributed by atoms with Gasteiger partial charge in [0.25, 0.3) is 0 Å². The van der Waals surface area contributed by atoms with Gasteiger partial charge in [0.2, 0.25) is 0 Å². The van der Waals surface area contributed by atoms with Crippen molar-refractivity contribution in [2.24, 2.45) is 0 Å². The molecule has 6 heteroatoms. The van der Waals surface area contributed by atoms with E-state index in [9.17, 15) is 14.0 Å². The van der Waals surface area contributed by atoms with Crippen LogP contribution in [0.5, 0.6) is 0 Å². The summed E-state index contributed by atoms with van der Waals surface area (Å²) < 4.78 is 18.5. The third-order valence-corrected chi connectivity index (χ3v) is 3.46. The van der Waals surface area contributed by atoms with Gasteiger partial charge in [0.15, 0.2) is 0 Å². The van der Waals surface area contributed by atoms with Crippen molar-refractivity contribution in [1.29, 1.82) is 0 Å². The van der Waals surface area contributed by atoms with Gasteiger partial charge in [-0.2, -0.15) is 0 Å². The lowest BCUT2D eigenvalue weighted by Gasteiger charge is -2.16. The second kappa shape index (κ2) is 8.79. The maximum atomic E-state index is 13.2. The zero-order chi connectivity index (χ0) is 17.4. The molecule has 0 heterocycles. The fourth-order valence-corrected chi connectivity index (χ4v) is 2.17. The molecule has 0 spiro atoms. The summed E-state index contributed by atoms with van der Waals surface area (Å²) >= 11 is 0. The van der Waals surface area contributed by atoms with Crippen LogP contribution in [0.2, 0.25) is 0 Å². The van der Waals surface area contributed by atoms with E-state index in [1.54, 1.807) is 12.1 Å². The number of carbonyl (C=O) groups is 2. The summed E-state index contributed by atoms with van der Waals surface area (Å²) in [4.78, 5) is 23.6. The molecule has 0 aliphatic rings. The van der Waals surface area contributed by atoms with E-state index >= 15 is 0 Å². The van der Waals surface area contributed by atoms with Gasteiger partial charge in [-0.1, -0.05) is 42.5 Å². The van der Waals surface area contributed by atoms with Crippen LogP contribution in [0.3, 0.4) is 0 Å². The van der Waals surface area contributed by atoms with Gasteiger partial charge < -0.3 is 15.4 Å². The molecule has 5 nitrogen and oxygen atoms in total. The van der Waals surface area contributed by atoms with Crippen LogP contribution in [0.25, 0.3) is 0 Å². The second-order valence-electron chi connectivity index (χ2n) is 5.16. The Morgan fingerprint density at radius 3 is 2.42 bits per heavy atom. The Morgan fingerprint density at radius 2 is 1.75 bits per heavy atom. The minimum Gasteiger partial charge on any atom is -0.375 e. The monoisotopic (exact) mass is 330 g/mol. The molecule has 0 aliphatic heterocycles. The highest BCUT2D eigenvalue weighted by molar-refractivity contribution is 6.35. The Labute approximate surface area is 139 Å². The standard InChI is InChI=1S/C18H19FN2O3/c1-24-16(14-8-5-9-15(19)10-14)12-21-18(23)17(22)20-11-13-6-3-2-4-7-13/h2-10,16H,11-12H2,1H3,(H,20,22)(H,21,23). The lowest BCUT2D eigenvalue weighted by Crippen LogP contribution is -2.41. The molecular weight excluding hydrogens is 311 g/mol. The highest BCUT2D eigenvalue weighted by Crippen LogP contribution is 2.16. The molecule has 1 atom stereocenters. The zero-order valence-electron chi connectivity index (χ0n) is 13.3. The van der Waals surface area contributed by atoms with Crippen molar-refractivity contribution in [2.75, 3.05) is 13.7 Å². The summed E-state index contributed by atoms with van der Waals surface area (Å²) in [6.07, 6.45) is -0.536. The molecule has 2 N–H and O–H groups in total. The maximum Gasteiger partial charge on any atom is 0.309 e. The van der Waals surface area contributed by atoms with Gasteiger partial charge in [0.1, 0.15) is 5.82 Å². The van der Waals surface area contributed by atoms with E-state index in [4.69, 9.17) is 4.74 Å². The van der Waals surface area contributed by atoms with E-state index in [0.717, 1.165) is 5.56 Å². The first-order valence-corrected chi connectivity index (χ1v) is 7.48. The molecule has 0 radical (unpaired) electrons. The quantitative estimate of drug-likeness (QED) is 0.796. The number of nitrogens with one attached hydrogen (secondary N) is 2. The number of carbonyl (C=O) groups excluding carboxylic acids is 2. The average Bonchev–Trinajstić information content (AvgIpc) is 2.61. The van der Waals surface area contributed by atoms with Crippen LogP contribution >= 0.6 is 0 Å². The second-order valence-corrected chi connectivity index (χ2v) is 5.16. The Hall–Kier alpha value is -2.73. The minimum atomic E-state index is -0.760. The molecule has 0 saturated heterocycles. The molecule has 0 fully saturated rings. The molecule has 0 bridgehead atoms. The number of halogens is 1. The summed E-state index contributed by atoms with van der Waals surface area (Å²) in [5, 5.41) is 5.03. The van der Waals surface area contributed by atoms with Crippen molar-refractivity contribution in [3.8, 4) is 0 Å². The maximum absolute atomic E-state index is 13.2. The van der Waals surface area contributed by atoms with E-state index in [2.05, 4.69) is 10.6 Å². The fraction of sp³-hybridized carbons (Fsp3) is 0.222. The molecule has 2 aromatic carbocycles. The first kappa shape index (κ1) is 17.6. The first-order chi connectivity index (χ1) is 11.6. The van der Waals surface area contributed by atoms with Crippen molar-refractivity contribution in [3.05, 3.63) is 71.5 Å². The third-order valence-electron chi connectivity index (χ3n) is 3.46. The van der Waals surface area contributed by atoms with Crippen molar-refractivity contribution in [3.63, 3.8) is 0 Å². The van der Waals surface area contributed by atoms with Gasteiger partial charge in [0.05, 0.1) is 6.10 Å². The van der Waals surface area contributed by atoms with Crippen LogP contribution in [0.15, 0.2) is 54.6 Å². The highest BCUT2D eigenvalue weighted by Gasteiger charge is 2.17. The molecule has 1 unspecified atom stereocenters. The van der Waals surface area contributed by atoms with Crippen molar-refractivity contribution in [1.82, 2.24) is 10.6 Å². The number of hydrogen-bond donors (Lipinski definition) is 2. The first-order valence-electron chi connectivity index (χ1n) is 7.48. The molecule has 0 aromatic heterocycles. The van der Waals surface area contributed by atoms with E-state index in [-0.39, 0.29) is 18.9 Å². The van der Waals surface area contributed by atoms with Gasteiger partial charge in [-0.05, 0) is 23.3 Å². The van der Waals surface area contributed by atoms with Crippen LogP contribution in [-0.2, 0) is 20.9 Å². The van der Waals surface area contributed by atoms with Crippen LogP contribution < -0.4 is 10.6 Å². The number of hydrogen-bond acceptors (Lipinski definition) is 3. The van der Waals surface area contributed by atoms with Crippen LogP contribution in [0.1, 0.15) is 17.2 Å². The highest BCUT2D eigenvalue weighted by atomic mass is 19.1. The lowest BCUT2D eigenvalue weighted by atomic mass is 10.1. The summed E-state index contributed by atoms with van der Waals surface area (Å²) in [7, 11) is 1.46. The average molecular weight is 330 g/mol. The molecule has 2 aromatic rings. The largest absolute Gasteiger partial charge is 0.375 e. The summed E-state index contributed by atoms with van der Waals surface area (Å²) in [6, 6.07) is 15.2. The molecule has 0 aliphatic carbocycles. The Morgan fingerprint density at radius 1 is 1.04 bits per heavy atom. The van der Waals surface area contributed by atoms with Crippen LogP contribution in [0.4, 0.5) is 4.39 Å². The number of ether oxygens (including phenoxy) is 1. The normalized spacial score (nSPS) is 11.6. The van der Waals surface area contributed by atoms with E-state index in [1.165, 1.54) is 19.2 Å². The Balaban J connectivity index is 1.83. The number of rotatable bonds is 6. The van der Waals surface area contributed by atoms with E-state index < -0.39 is 17.9 Å². The lowest BCUT2D eigenvalue weighted by molar-refractivity contribution is -0.139. The molecule has 2 amide bonds. The number of benzene rings is 2. The summed E-state index contributed by atoms with van der Waals surface area (Å²) in [5.74, 6) is -1.88. The van der Waals surface area contributed by atoms with Gasteiger partial charge in [-0.15, -0.1) is 0 Å². The predicted molar refractivity (Wildman–Crippen MR) is 87.4 cm³/mol. The van der Waals surface area contributed by atoms with Crippen LogP contribution in [-0.4, -0.2) is 25.5 Å². The summed E-state index contributed by atoms with van der Waals surface area (Å²) in [5.41, 5.74) is 1.48. The third kappa shape index (κ3) is 5.17. The predicted octanol–water partition coefficient (Wildman–Crippen LogP) is 1.95. The molecule has 2 rings (SSSR count). The van der Waals surface area contributed by atoms with Gasteiger partial charge in [-0.3, -0.25) is 9.59 Å². The van der Waals surface area contributed by atoms with E-state index in [0.29, 0.717) is 5.56 Å². The molecule has 24 heavy (non-hydrogen) atoms. The van der Waals surface area contributed by atoms with Gasteiger partial charge in [-0.25, -0.2) is 4.39 Å². The molecule has 126 valence electrons. The Bertz CT molecular complexity index is 692. The van der Waals surface area contributed by atoms with Crippen molar-refractivity contribution in [2.45, 2.75) is 12.6 Å². The fourth-order valence-electron chi connectivity index (χ4n) is 2.17. The Kier molecular flexibility index (Phi) is 6.45.